The van der Waals surface area contributed by atoms with E-state index in [1.54, 1.807) is 12.4 Å². The molecule has 3 N–H and O–H groups in total. The van der Waals surface area contributed by atoms with Gasteiger partial charge in [-0.1, -0.05) is 6.07 Å². The fourth-order valence-corrected chi connectivity index (χ4v) is 3.87. The summed E-state index contributed by atoms with van der Waals surface area (Å²) in [6, 6.07) is 9.46. The van der Waals surface area contributed by atoms with Crippen molar-refractivity contribution in [2.24, 2.45) is 0 Å². The van der Waals surface area contributed by atoms with Crippen molar-refractivity contribution in [2.45, 2.75) is 26.4 Å². The summed E-state index contributed by atoms with van der Waals surface area (Å²) in [6.45, 7) is 4.56. The largest absolute Gasteiger partial charge is 0.340 e. The predicted molar refractivity (Wildman–Crippen MR) is 124 cm³/mol. The number of nitrogens with zero attached hydrogens (tertiary/aromatic N) is 4. The average Bonchev–Trinajstić information content (AvgIpc) is 3.28. The van der Waals surface area contributed by atoms with Crippen LogP contribution >= 0.6 is 0 Å². The first-order valence-electron chi connectivity index (χ1n) is 10.8. The van der Waals surface area contributed by atoms with Crippen molar-refractivity contribution in [3.63, 3.8) is 0 Å². The lowest BCUT2D eigenvalue weighted by Crippen LogP contribution is -2.23. The van der Waals surface area contributed by atoms with Crippen LogP contribution in [0.3, 0.4) is 0 Å². The summed E-state index contributed by atoms with van der Waals surface area (Å²) in [5.74, 6) is -0.582. The van der Waals surface area contributed by atoms with E-state index in [2.05, 4.69) is 43.1 Å². The zero-order valence-corrected chi connectivity index (χ0v) is 18.1. The summed E-state index contributed by atoms with van der Waals surface area (Å²) < 4.78 is 29.0. The van der Waals surface area contributed by atoms with Crippen LogP contribution in [0.1, 0.15) is 18.1 Å². The van der Waals surface area contributed by atoms with Gasteiger partial charge in [0.05, 0.1) is 6.20 Å². The third-order valence-electron chi connectivity index (χ3n) is 5.53. The minimum atomic E-state index is -0.679. The minimum Gasteiger partial charge on any atom is -0.340 e. The van der Waals surface area contributed by atoms with Crippen LogP contribution in [0.5, 0.6) is 0 Å². The summed E-state index contributed by atoms with van der Waals surface area (Å²) in [7, 11) is 0. The third kappa shape index (κ3) is 4.68. The molecule has 0 amide bonds. The van der Waals surface area contributed by atoms with Crippen LogP contribution in [-0.4, -0.2) is 26.3 Å². The Balaban J connectivity index is 1.51. The quantitative estimate of drug-likeness (QED) is 0.395. The summed E-state index contributed by atoms with van der Waals surface area (Å²) in [5, 5.41) is 14.0. The van der Waals surface area contributed by atoms with Gasteiger partial charge in [-0.2, -0.15) is 10.1 Å². The van der Waals surface area contributed by atoms with Gasteiger partial charge < -0.3 is 16.0 Å². The van der Waals surface area contributed by atoms with Crippen molar-refractivity contribution in [1.82, 2.24) is 25.1 Å². The molecule has 4 aromatic rings. The average molecular weight is 447 g/mol. The summed E-state index contributed by atoms with van der Waals surface area (Å²) in [4.78, 5) is 8.98. The Kier molecular flexibility index (Phi) is 5.70. The lowest BCUT2D eigenvalue weighted by atomic mass is 10.0. The SMILES string of the molecule is CCn1cc(-c2cnc(Nc3cc(F)cc(F)c3)nc2Nc2ccc3c(c2)CNCC3)cn1. The molecule has 1 aliphatic rings. The molecule has 0 spiro atoms. The van der Waals surface area contributed by atoms with Gasteiger partial charge in [0.2, 0.25) is 5.95 Å². The highest BCUT2D eigenvalue weighted by Gasteiger charge is 2.14. The van der Waals surface area contributed by atoms with E-state index in [0.29, 0.717) is 5.82 Å². The second kappa shape index (κ2) is 8.95. The zero-order chi connectivity index (χ0) is 22.8. The predicted octanol–water partition coefficient (Wildman–Crippen LogP) is 4.77. The molecule has 1 aliphatic heterocycles. The Morgan fingerprint density at radius 1 is 1.00 bits per heavy atom. The van der Waals surface area contributed by atoms with Crippen LogP contribution in [-0.2, 0) is 19.5 Å². The van der Waals surface area contributed by atoms with E-state index in [1.807, 2.05) is 23.9 Å². The number of hydrogen-bond donors (Lipinski definition) is 3. The maximum absolute atomic E-state index is 13.6. The van der Waals surface area contributed by atoms with E-state index in [0.717, 1.165) is 48.9 Å². The molecule has 0 saturated heterocycles. The number of rotatable bonds is 6. The first-order chi connectivity index (χ1) is 16.1. The number of fused-ring (bicyclic) bond motifs is 1. The van der Waals surface area contributed by atoms with Crippen molar-refractivity contribution in [3.05, 3.63) is 77.8 Å². The van der Waals surface area contributed by atoms with E-state index in [-0.39, 0.29) is 11.6 Å². The topological polar surface area (TPSA) is 79.7 Å². The molecule has 0 atom stereocenters. The number of aromatic nitrogens is 4. The highest BCUT2D eigenvalue weighted by Crippen LogP contribution is 2.31. The van der Waals surface area contributed by atoms with Crippen molar-refractivity contribution >= 4 is 23.1 Å². The Morgan fingerprint density at radius 3 is 2.64 bits per heavy atom. The first kappa shape index (κ1) is 21.0. The van der Waals surface area contributed by atoms with Crippen molar-refractivity contribution < 1.29 is 8.78 Å². The second-order valence-electron chi connectivity index (χ2n) is 7.86. The molecular weight excluding hydrogens is 424 g/mol. The normalized spacial score (nSPS) is 12.9. The lowest BCUT2D eigenvalue weighted by molar-refractivity contribution is 0.584. The molecule has 0 saturated carbocycles. The van der Waals surface area contributed by atoms with Gasteiger partial charge in [-0.3, -0.25) is 4.68 Å². The van der Waals surface area contributed by atoms with Crippen molar-refractivity contribution in [3.8, 4) is 11.1 Å². The van der Waals surface area contributed by atoms with Crippen molar-refractivity contribution in [1.29, 1.82) is 0 Å². The van der Waals surface area contributed by atoms with Gasteiger partial charge in [-0.05, 0) is 55.3 Å². The number of anilines is 4. The van der Waals surface area contributed by atoms with Crippen molar-refractivity contribution in [2.75, 3.05) is 17.2 Å². The molecule has 0 aliphatic carbocycles. The molecule has 0 unspecified atom stereocenters. The number of benzene rings is 2. The van der Waals surface area contributed by atoms with E-state index >= 15 is 0 Å². The molecule has 3 heterocycles. The molecule has 9 heteroatoms. The molecule has 0 radical (unpaired) electrons. The van der Waals surface area contributed by atoms with Crippen LogP contribution in [0, 0.1) is 11.6 Å². The van der Waals surface area contributed by atoms with Crippen LogP contribution in [0.2, 0.25) is 0 Å². The molecule has 33 heavy (non-hydrogen) atoms. The summed E-state index contributed by atoms with van der Waals surface area (Å²) >= 11 is 0. The molecule has 168 valence electrons. The number of hydrogen-bond acceptors (Lipinski definition) is 6. The minimum absolute atomic E-state index is 0.216. The Labute approximate surface area is 189 Å². The van der Waals surface area contributed by atoms with Gasteiger partial charge in [-0.25, -0.2) is 13.8 Å². The Morgan fingerprint density at radius 2 is 1.85 bits per heavy atom. The monoisotopic (exact) mass is 447 g/mol. The maximum atomic E-state index is 13.6. The lowest BCUT2D eigenvalue weighted by Gasteiger charge is -2.19. The second-order valence-corrected chi connectivity index (χ2v) is 7.86. The fourth-order valence-electron chi connectivity index (χ4n) is 3.87. The molecule has 7 nitrogen and oxygen atoms in total. The van der Waals surface area contributed by atoms with Gasteiger partial charge in [-0.15, -0.1) is 0 Å². The fraction of sp³-hybridized carbons (Fsp3) is 0.208. The number of aryl methyl sites for hydroxylation is 1. The smallest absolute Gasteiger partial charge is 0.229 e. The molecule has 0 bridgehead atoms. The maximum Gasteiger partial charge on any atom is 0.229 e. The van der Waals surface area contributed by atoms with Crippen LogP contribution in [0.25, 0.3) is 11.1 Å². The van der Waals surface area contributed by atoms with E-state index in [9.17, 15) is 8.78 Å². The van der Waals surface area contributed by atoms with Gasteiger partial charge in [0.25, 0.3) is 0 Å². The van der Waals surface area contributed by atoms with Crippen LogP contribution < -0.4 is 16.0 Å². The van der Waals surface area contributed by atoms with Crippen LogP contribution in [0.4, 0.5) is 31.9 Å². The van der Waals surface area contributed by atoms with Gasteiger partial charge in [0, 0.05) is 54.1 Å². The Hall–Kier alpha value is -3.85. The standard InChI is InChI=1S/C24H23F2N7/c1-2-33-14-17(12-29-33)22-13-28-24(31-21-9-18(25)8-19(26)10-21)32-23(22)30-20-4-3-15-5-6-27-11-16(15)7-20/h3-4,7-10,12-14,27H,2,5-6,11H2,1H3,(H2,28,30,31,32). The molecular formula is C24H23F2N7. The van der Waals surface area contributed by atoms with Gasteiger partial charge >= 0.3 is 0 Å². The highest BCUT2D eigenvalue weighted by atomic mass is 19.1. The molecule has 5 rings (SSSR count). The molecule has 0 fully saturated rings. The van der Waals surface area contributed by atoms with Gasteiger partial charge in [0.1, 0.15) is 17.5 Å². The summed E-state index contributed by atoms with van der Waals surface area (Å²) in [6.07, 6.45) is 6.36. The third-order valence-corrected chi connectivity index (χ3v) is 5.53. The van der Waals surface area contributed by atoms with E-state index < -0.39 is 11.6 Å². The molecule has 2 aromatic heterocycles. The Bertz CT molecular complexity index is 1280. The zero-order valence-electron chi connectivity index (χ0n) is 18.1. The van der Waals surface area contributed by atoms with E-state index in [4.69, 9.17) is 0 Å². The van der Waals surface area contributed by atoms with E-state index in [1.165, 1.54) is 23.3 Å². The molecule has 2 aromatic carbocycles. The highest BCUT2D eigenvalue weighted by molar-refractivity contribution is 5.78. The number of nitrogens with one attached hydrogen (secondary N) is 3. The number of halogens is 2. The van der Waals surface area contributed by atoms with Gasteiger partial charge in [0.15, 0.2) is 0 Å². The first-order valence-corrected chi connectivity index (χ1v) is 10.8. The van der Waals surface area contributed by atoms with Crippen LogP contribution in [0.15, 0.2) is 55.0 Å². The summed E-state index contributed by atoms with van der Waals surface area (Å²) in [5.41, 5.74) is 5.33.